The summed E-state index contributed by atoms with van der Waals surface area (Å²) in [6.07, 6.45) is 2.62. The lowest BCUT2D eigenvalue weighted by atomic mass is 9.88. The van der Waals surface area contributed by atoms with Crippen molar-refractivity contribution in [2.24, 2.45) is 5.92 Å². The van der Waals surface area contributed by atoms with Crippen molar-refractivity contribution in [3.05, 3.63) is 69.6 Å². The number of methoxy groups -OCH3 is 1. The monoisotopic (exact) mass is 640 g/mol. The van der Waals surface area contributed by atoms with Gasteiger partial charge in [-0.25, -0.2) is 18.0 Å². The molecule has 3 aromatic rings. The van der Waals surface area contributed by atoms with Crippen molar-refractivity contribution in [2.75, 3.05) is 29.9 Å². The Kier molecular flexibility index (Phi) is 9.31. The quantitative estimate of drug-likeness (QED) is 0.309. The number of benzene rings is 2. The van der Waals surface area contributed by atoms with Gasteiger partial charge in [-0.15, -0.1) is 11.3 Å². The Morgan fingerprint density at radius 2 is 1.89 bits per heavy atom. The van der Waals surface area contributed by atoms with Gasteiger partial charge >= 0.3 is 11.9 Å². The summed E-state index contributed by atoms with van der Waals surface area (Å²) < 4.78 is 45.2. The molecule has 0 radical (unpaired) electrons. The smallest absolute Gasteiger partial charge is 0.341 e. The van der Waals surface area contributed by atoms with Gasteiger partial charge in [0.05, 0.1) is 30.5 Å². The molecule has 2 aliphatic rings. The number of nitrogens with one attached hydrogen (secondary N) is 1. The van der Waals surface area contributed by atoms with Gasteiger partial charge in [0.2, 0.25) is 0 Å². The minimum absolute atomic E-state index is 0.0536. The summed E-state index contributed by atoms with van der Waals surface area (Å²) in [5, 5.41) is 3.13. The van der Waals surface area contributed by atoms with E-state index in [0.29, 0.717) is 35.0 Å². The molecule has 0 saturated carbocycles. The Morgan fingerprint density at radius 3 is 2.64 bits per heavy atom. The number of fused-ring (bicyclic) bond motifs is 2. The molecule has 0 unspecified atom stereocenters. The number of esters is 2. The van der Waals surface area contributed by atoms with Crippen molar-refractivity contribution >= 4 is 49.9 Å². The number of sulfonamides is 1. The van der Waals surface area contributed by atoms with Gasteiger partial charge in [-0.1, -0.05) is 25.1 Å². The van der Waals surface area contributed by atoms with Crippen molar-refractivity contribution in [3.63, 3.8) is 0 Å². The van der Waals surface area contributed by atoms with E-state index in [2.05, 4.69) is 12.2 Å². The molecule has 12 heteroatoms. The van der Waals surface area contributed by atoms with Crippen LogP contribution in [0.4, 0.5) is 10.7 Å². The molecule has 1 aromatic heterocycles. The van der Waals surface area contributed by atoms with Crippen molar-refractivity contribution in [1.29, 1.82) is 0 Å². The van der Waals surface area contributed by atoms with E-state index in [0.717, 1.165) is 35.3 Å². The highest BCUT2D eigenvalue weighted by Crippen LogP contribution is 2.40. The molecule has 0 fully saturated rings. The average Bonchev–Trinajstić information content (AvgIpc) is 3.37. The third-order valence-electron chi connectivity index (χ3n) is 7.92. The Bertz CT molecular complexity index is 1700. The molecule has 234 valence electrons. The number of carbonyl (C=O) groups excluding carboxylic acids is 3. The zero-order chi connectivity index (χ0) is 31.6. The first-order chi connectivity index (χ1) is 21.0. The Labute approximate surface area is 261 Å². The molecule has 1 N–H and O–H groups in total. The van der Waals surface area contributed by atoms with Crippen LogP contribution in [0.15, 0.2) is 47.4 Å². The maximum atomic E-state index is 13.9. The van der Waals surface area contributed by atoms with E-state index in [9.17, 15) is 22.8 Å². The number of ether oxygens (including phenoxy) is 3. The van der Waals surface area contributed by atoms with Crippen LogP contribution in [-0.2, 0) is 43.6 Å². The lowest BCUT2D eigenvalue weighted by molar-refractivity contribution is -0.123. The van der Waals surface area contributed by atoms with Gasteiger partial charge < -0.3 is 19.5 Å². The first-order valence-corrected chi connectivity index (χ1v) is 16.9. The summed E-state index contributed by atoms with van der Waals surface area (Å²) in [5.41, 5.74) is 2.71. The van der Waals surface area contributed by atoms with Crippen LogP contribution in [0.1, 0.15) is 70.3 Å². The predicted octanol–water partition coefficient (Wildman–Crippen LogP) is 5.38. The average molecular weight is 641 g/mol. The fourth-order valence-electron chi connectivity index (χ4n) is 5.63. The summed E-state index contributed by atoms with van der Waals surface area (Å²) >= 11 is 1.34. The zero-order valence-electron chi connectivity index (χ0n) is 25.2. The Hall–Kier alpha value is -3.90. The van der Waals surface area contributed by atoms with Crippen molar-refractivity contribution in [1.82, 2.24) is 0 Å². The lowest BCUT2D eigenvalue weighted by Crippen LogP contribution is -2.35. The first kappa shape index (κ1) is 31.5. The molecule has 1 amide bonds. The van der Waals surface area contributed by atoms with E-state index < -0.39 is 34.0 Å². The first-order valence-electron chi connectivity index (χ1n) is 14.7. The van der Waals surface area contributed by atoms with Crippen LogP contribution in [0.2, 0.25) is 0 Å². The predicted molar refractivity (Wildman–Crippen MR) is 167 cm³/mol. The molecule has 5 rings (SSSR count). The summed E-state index contributed by atoms with van der Waals surface area (Å²) in [6, 6.07) is 11.3. The van der Waals surface area contributed by atoms with Gasteiger partial charge in [-0.05, 0) is 87.3 Å². The van der Waals surface area contributed by atoms with Crippen LogP contribution in [0.25, 0.3) is 0 Å². The number of thiophene rings is 1. The van der Waals surface area contributed by atoms with E-state index in [4.69, 9.17) is 14.2 Å². The minimum atomic E-state index is -4.10. The van der Waals surface area contributed by atoms with Crippen LogP contribution in [0, 0.1) is 5.92 Å². The van der Waals surface area contributed by atoms with Crippen molar-refractivity contribution < 1.29 is 37.0 Å². The summed E-state index contributed by atoms with van der Waals surface area (Å²) in [5.74, 6) is -1.46. The number of para-hydroxylation sites is 1. The Balaban J connectivity index is 1.36. The van der Waals surface area contributed by atoms with Crippen LogP contribution in [-0.4, -0.2) is 52.6 Å². The molecule has 1 aliphatic heterocycles. The number of nitrogens with zero attached hydrogens (tertiary/aromatic N) is 1. The van der Waals surface area contributed by atoms with Crippen molar-refractivity contribution in [3.8, 4) is 5.75 Å². The maximum Gasteiger partial charge on any atom is 0.341 e. The third-order valence-corrected chi connectivity index (χ3v) is 10.9. The SMILES string of the molecule is CCOC(=O)c1c(NC(=O)[C@H](C)OC(=O)c2ccc(OC)c(S(=O)(=O)N3CCCc4ccccc43)c2)sc2c1CC[C@H](C)C2. The van der Waals surface area contributed by atoms with Gasteiger partial charge in [-0.3, -0.25) is 9.10 Å². The van der Waals surface area contributed by atoms with Gasteiger partial charge in [0.25, 0.3) is 15.9 Å². The molecule has 2 atom stereocenters. The largest absolute Gasteiger partial charge is 0.495 e. The second kappa shape index (κ2) is 13.0. The fourth-order valence-corrected chi connectivity index (χ4v) is 8.75. The van der Waals surface area contributed by atoms with Gasteiger partial charge in [0, 0.05) is 11.4 Å². The standard InChI is InChI=1S/C32H36N2O8S2/c1-5-41-32(37)28-23-14-12-19(2)17-26(23)43-30(28)33-29(35)20(3)42-31(36)22-13-15-25(40-4)27(18-22)44(38,39)34-16-8-10-21-9-6-7-11-24(21)34/h6-7,9,11,13,15,18-20H,5,8,10,12,14,16-17H2,1-4H3,(H,33,35)/t19-,20-/m0/s1. The molecule has 2 heterocycles. The number of aryl methyl sites for hydroxylation is 1. The number of carbonyl (C=O) groups is 3. The van der Waals surface area contributed by atoms with E-state index in [1.165, 1.54) is 47.9 Å². The molecule has 0 saturated heterocycles. The summed E-state index contributed by atoms with van der Waals surface area (Å²) in [4.78, 5) is 40.1. The third kappa shape index (κ3) is 6.18. The molecular formula is C32H36N2O8S2. The molecular weight excluding hydrogens is 604 g/mol. The molecule has 1 aliphatic carbocycles. The highest BCUT2D eigenvalue weighted by Gasteiger charge is 2.33. The normalized spacial score (nSPS) is 16.7. The second-order valence-corrected chi connectivity index (χ2v) is 13.9. The number of hydrogen-bond donors (Lipinski definition) is 1. The molecule has 0 bridgehead atoms. The molecule has 2 aromatic carbocycles. The van der Waals surface area contributed by atoms with Gasteiger partial charge in [0.15, 0.2) is 6.10 Å². The van der Waals surface area contributed by atoms with Crippen LogP contribution >= 0.6 is 11.3 Å². The van der Waals surface area contributed by atoms with Gasteiger partial charge in [0.1, 0.15) is 15.6 Å². The van der Waals surface area contributed by atoms with Crippen LogP contribution < -0.4 is 14.4 Å². The van der Waals surface area contributed by atoms with Crippen molar-refractivity contribution in [2.45, 2.75) is 63.9 Å². The highest BCUT2D eigenvalue weighted by atomic mass is 32.2. The number of anilines is 2. The second-order valence-electron chi connectivity index (χ2n) is 11.0. The van der Waals surface area contributed by atoms with Crippen LogP contribution in [0.3, 0.4) is 0 Å². The highest BCUT2D eigenvalue weighted by molar-refractivity contribution is 7.93. The molecule has 44 heavy (non-hydrogen) atoms. The summed E-state index contributed by atoms with van der Waals surface area (Å²) in [6.45, 7) is 5.77. The van der Waals surface area contributed by atoms with Crippen LogP contribution in [0.5, 0.6) is 5.75 Å². The Morgan fingerprint density at radius 1 is 1.11 bits per heavy atom. The van der Waals surface area contributed by atoms with E-state index in [1.54, 1.807) is 19.1 Å². The number of hydrogen-bond acceptors (Lipinski definition) is 9. The molecule has 10 nitrogen and oxygen atoms in total. The number of rotatable bonds is 9. The van der Waals surface area contributed by atoms with E-state index >= 15 is 0 Å². The van der Waals surface area contributed by atoms with E-state index in [-0.39, 0.29) is 29.4 Å². The lowest BCUT2D eigenvalue weighted by Gasteiger charge is -2.31. The zero-order valence-corrected chi connectivity index (χ0v) is 26.8. The molecule has 0 spiro atoms. The number of amides is 1. The van der Waals surface area contributed by atoms with E-state index in [1.807, 2.05) is 12.1 Å². The minimum Gasteiger partial charge on any atom is -0.495 e. The topological polar surface area (TPSA) is 128 Å². The summed E-state index contributed by atoms with van der Waals surface area (Å²) in [7, 11) is -2.75. The maximum absolute atomic E-state index is 13.9. The fraction of sp³-hybridized carbons (Fsp3) is 0.406. The van der Waals surface area contributed by atoms with Gasteiger partial charge in [-0.2, -0.15) is 0 Å².